The largest absolute Gasteiger partial charge is 0.390 e. The summed E-state index contributed by atoms with van der Waals surface area (Å²) in [5, 5.41) is 0.210. The van der Waals surface area contributed by atoms with E-state index in [1.54, 1.807) is 6.07 Å². The van der Waals surface area contributed by atoms with Gasteiger partial charge in [-0.25, -0.2) is 0 Å². The van der Waals surface area contributed by atoms with Crippen molar-refractivity contribution in [3.8, 4) is 0 Å². The monoisotopic (exact) mass is 343 g/mol. The van der Waals surface area contributed by atoms with Crippen LogP contribution in [0.3, 0.4) is 0 Å². The van der Waals surface area contributed by atoms with Crippen LogP contribution in [0, 0.1) is 0 Å². The Balaban J connectivity index is 2.77. The van der Waals surface area contributed by atoms with Crippen molar-refractivity contribution in [1.29, 1.82) is 0 Å². The fourth-order valence-electron chi connectivity index (χ4n) is 1.26. The Morgan fingerprint density at radius 2 is 2.06 bits per heavy atom. The third-order valence-electron chi connectivity index (χ3n) is 2.24. The summed E-state index contributed by atoms with van der Waals surface area (Å²) >= 11 is 9.01. The van der Waals surface area contributed by atoms with E-state index in [-0.39, 0.29) is 10.6 Å². The van der Waals surface area contributed by atoms with E-state index in [0.29, 0.717) is 4.47 Å². The number of carbonyl (C=O) groups is 1. The van der Waals surface area contributed by atoms with Crippen molar-refractivity contribution in [3.05, 3.63) is 33.3 Å². The highest BCUT2D eigenvalue weighted by atomic mass is 79.9. The molecule has 0 saturated carbocycles. The number of alkyl halides is 3. The number of hydrogen-bond acceptors (Lipinski definition) is 1. The van der Waals surface area contributed by atoms with Crippen LogP contribution in [-0.4, -0.2) is 30.6 Å². The van der Waals surface area contributed by atoms with Gasteiger partial charge in [0.25, 0.3) is 5.91 Å². The minimum absolute atomic E-state index is 0.177. The maximum atomic E-state index is 12.1. The molecule has 18 heavy (non-hydrogen) atoms. The van der Waals surface area contributed by atoms with Crippen LogP contribution in [0.1, 0.15) is 16.8 Å². The van der Waals surface area contributed by atoms with Gasteiger partial charge in [0.15, 0.2) is 0 Å². The summed E-state index contributed by atoms with van der Waals surface area (Å²) < 4.78 is 36.8. The summed E-state index contributed by atoms with van der Waals surface area (Å²) in [5.41, 5.74) is 0.177. The summed E-state index contributed by atoms with van der Waals surface area (Å²) in [6.45, 7) is -0.398. The first-order valence-electron chi connectivity index (χ1n) is 4.98. The second kappa shape index (κ2) is 5.93. The van der Waals surface area contributed by atoms with Gasteiger partial charge in [0.05, 0.1) is 17.0 Å². The Bertz CT molecular complexity index is 450. The van der Waals surface area contributed by atoms with Gasteiger partial charge in [-0.2, -0.15) is 13.2 Å². The van der Waals surface area contributed by atoms with E-state index < -0.39 is 25.0 Å². The minimum Gasteiger partial charge on any atom is -0.341 e. The zero-order valence-corrected chi connectivity index (χ0v) is 11.7. The zero-order valence-electron chi connectivity index (χ0n) is 9.39. The van der Waals surface area contributed by atoms with E-state index in [1.165, 1.54) is 19.2 Å². The number of hydrogen-bond donors (Lipinski definition) is 0. The normalized spacial score (nSPS) is 11.4. The second-order valence-corrected chi connectivity index (χ2v) is 5.04. The van der Waals surface area contributed by atoms with Gasteiger partial charge in [-0.05, 0) is 18.2 Å². The highest BCUT2D eigenvalue weighted by molar-refractivity contribution is 9.10. The highest BCUT2D eigenvalue weighted by Gasteiger charge is 2.28. The summed E-state index contributed by atoms with van der Waals surface area (Å²) in [5.74, 6) is -0.537. The SMILES string of the molecule is CN(CCC(F)(F)F)C(=O)c1cc(Br)ccc1Cl. The van der Waals surface area contributed by atoms with Crippen molar-refractivity contribution in [2.75, 3.05) is 13.6 Å². The van der Waals surface area contributed by atoms with Crippen molar-refractivity contribution in [1.82, 2.24) is 4.90 Å². The summed E-state index contributed by atoms with van der Waals surface area (Å²) in [6, 6.07) is 4.64. The zero-order chi connectivity index (χ0) is 13.9. The predicted octanol–water partition coefficient (Wildman–Crippen LogP) is 4.13. The first-order valence-corrected chi connectivity index (χ1v) is 6.15. The van der Waals surface area contributed by atoms with E-state index in [9.17, 15) is 18.0 Å². The Kier molecular flexibility index (Phi) is 5.04. The van der Waals surface area contributed by atoms with Crippen LogP contribution < -0.4 is 0 Å². The third kappa shape index (κ3) is 4.49. The molecule has 1 rings (SSSR count). The average Bonchev–Trinajstić information content (AvgIpc) is 2.27. The van der Waals surface area contributed by atoms with Crippen molar-refractivity contribution in [3.63, 3.8) is 0 Å². The fourth-order valence-corrected chi connectivity index (χ4v) is 1.82. The van der Waals surface area contributed by atoms with E-state index in [1.807, 2.05) is 0 Å². The second-order valence-electron chi connectivity index (χ2n) is 3.72. The number of carbonyl (C=O) groups excluding carboxylic acids is 1. The molecule has 100 valence electrons. The molecular formula is C11H10BrClF3NO. The van der Waals surface area contributed by atoms with E-state index in [2.05, 4.69) is 15.9 Å². The molecule has 0 aromatic heterocycles. The maximum Gasteiger partial charge on any atom is 0.390 e. The molecule has 0 aliphatic heterocycles. The van der Waals surface area contributed by atoms with Gasteiger partial charge in [-0.3, -0.25) is 4.79 Å². The Morgan fingerprint density at radius 3 is 2.61 bits per heavy atom. The first kappa shape index (κ1) is 15.3. The van der Waals surface area contributed by atoms with E-state index >= 15 is 0 Å². The molecule has 0 heterocycles. The molecule has 0 spiro atoms. The molecule has 0 fully saturated rings. The molecule has 0 aliphatic rings. The van der Waals surface area contributed by atoms with Crippen LogP contribution in [0.25, 0.3) is 0 Å². The number of halogens is 5. The molecule has 0 aliphatic carbocycles. The summed E-state index contributed by atoms with van der Waals surface area (Å²) in [4.78, 5) is 12.9. The van der Waals surface area contributed by atoms with Crippen LogP contribution in [0.2, 0.25) is 5.02 Å². The van der Waals surface area contributed by atoms with Crippen LogP contribution in [0.4, 0.5) is 13.2 Å². The fraction of sp³-hybridized carbons (Fsp3) is 0.364. The van der Waals surface area contributed by atoms with Gasteiger partial charge < -0.3 is 4.90 Å². The van der Waals surface area contributed by atoms with Crippen LogP contribution >= 0.6 is 27.5 Å². The molecule has 0 atom stereocenters. The highest BCUT2D eigenvalue weighted by Crippen LogP contribution is 2.23. The molecule has 1 aromatic carbocycles. The first-order chi connectivity index (χ1) is 8.20. The number of rotatable bonds is 3. The van der Waals surface area contributed by atoms with E-state index in [0.717, 1.165) is 4.90 Å². The number of benzene rings is 1. The lowest BCUT2D eigenvalue weighted by atomic mass is 10.2. The number of amides is 1. The number of nitrogens with zero attached hydrogens (tertiary/aromatic N) is 1. The van der Waals surface area contributed by atoms with Gasteiger partial charge in [0, 0.05) is 18.1 Å². The van der Waals surface area contributed by atoms with Crippen molar-refractivity contribution < 1.29 is 18.0 Å². The van der Waals surface area contributed by atoms with Gasteiger partial charge in [0.1, 0.15) is 0 Å². The van der Waals surface area contributed by atoms with Gasteiger partial charge >= 0.3 is 6.18 Å². The van der Waals surface area contributed by atoms with Crippen LogP contribution in [0.5, 0.6) is 0 Å². The Hall–Kier alpha value is -0.750. The molecule has 0 N–H and O–H groups in total. The summed E-state index contributed by atoms with van der Waals surface area (Å²) in [6.07, 6.45) is -5.32. The van der Waals surface area contributed by atoms with Gasteiger partial charge in [0.2, 0.25) is 0 Å². The lowest BCUT2D eigenvalue weighted by Gasteiger charge is -2.18. The third-order valence-corrected chi connectivity index (χ3v) is 3.06. The van der Waals surface area contributed by atoms with Crippen LogP contribution in [-0.2, 0) is 0 Å². The maximum absolute atomic E-state index is 12.1. The molecule has 0 radical (unpaired) electrons. The van der Waals surface area contributed by atoms with Crippen molar-refractivity contribution >= 4 is 33.4 Å². The van der Waals surface area contributed by atoms with Crippen molar-refractivity contribution in [2.24, 2.45) is 0 Å². The lowest BCUT2D eigenvalue weighted by molar-refractivity contribution is -0.136. The smallest absolute Gasteiger partial charge is 0.341 e. The Labute approximate surface area is 116 Å². The van der Waals surface area contributed by atoms with Crippen LogP contribution in [0.15, 0.2) is 22.7 Å². The van der Waals surface area contributed by atoms with Crippen molar-refractivity contribution in [2.45, 2.75) is 12.6 Å². The molecule has 0 unspecified atom stereocenters. The standard InChI is InChI=1S/C11H10BrClF3NO/c1-17(5-4-11(14,15)16)10(18)8-6-7(12)2-3-9(8)13/h2-3,6H,4-5H2,1H3. The Morgan fingerprint density at radius 1 is 1.44 bits per heavy atom. The lowest BCUT2D eigenvalue weighted by Crippen LogP contribution is -2.30. The molecule has 0 bridgehead atoms. The molecule has 1 amide bonds. The molecule has 2 nitrogen and oxygen atoms in total. The van der Waals surface area contributed by atoms with Gasteiger partial charge in [-0.1, -0.05) is 27.5 Å². The summed E-state index contributed by atoms with van der Waals surface area (Å²) in [7, 11) is 1.31. The van der Waals surface area contributed by atoms with Gasteiger partial charge in [-0.15, -0.1) is 0 Å². The quantitative estimate of drug-likeness (QED) is 0.807. The molecule has 7 heteroatoms. The molecular weight excluding hydrogens is 334 g/mol. The average molecular weight is 345 g/mol. The predicted molar refractivity (Wildman–Crippen MR) is 66.8 cm³/mol. The molecule has 0 saturated heterocycles. The topological polar surface area (TPSA) is 20.3 Å². The minimum atomic E-state index is -4.28. The molecule has 1 aromatic rings. The van der Waals surface area contributed by atoms with E-state index in [4.69, 9.17) is 11.6 Å².